The Bertz CT molecular complexity index is 257. The Morgan fingerprint density at radius 3 is 2.72 bits per heavy atom. The van der Waals surface area contributed by atoms with E-state index in [1.807, 2.05) is 0 Å². The van der Waals surface area contributed by atoms with Crippen molar-refractivity contribution < 1.29 is 4.79 Å². The molecule has 0 aromatic rings. The Labute approximate surface area is 111 Å². The lowest BCUT2D eigenvalue weighted by Crippen LogP contribution is -2.44. The minimum Gasteiger partial charge on any atom is -0.353 e. The van der Waals surface area contributed by atoms with Gasteiger partial charge in [0.25, 0.3) is 0 Å². The first-order valence-corrected chi connectivity index (χ1v) is 7.82. The van der Waals surface area contributed by atoms with E-state index in [0.717, 1.165) is 18.9 Å². The van der Waals surface area contributed by atoms with Crippen LogP contribution in [0, 0.1) is 5.92 Å². The van der Waals surface area contributed by atoms with Gasteiger partial charge < -0.3 is 10.6 Å². The zero-order valence-electron chi connectivity index (χ0n) is 11.7. The van der Waals surface area contributed by atoms with Crippen LogP contribution in [0.3, 0.4) is 0 Å². The summed E-state index contributed by atoms with van der Waals surface area (Å²) in [6, 6.07) is 0.880. The second kappa shape index (κ2) is 7.13. The smallest absolute Gasteiger partial charge is 0.221 e. The maximum absolute atomic E-state index is 12.1. The quantitative estimate of drug-likeness (QED) is 0.731. The summed E-state index contributed by atoms with van der Waals surface area (Å²) in [5.41, 5.74) is 0. The SMILES string of the molecule is CCCCC(NC(=O)CC1CCCN1)C1CCC1. The molecule has 1 saturated carbocycles. The van der Waals surface area contributed by atoms with Crippen LogP contribution < -0.4 is 10.6 Å². The first-order chi connectivity index (χ1) is 8.79. The van der Waals surface area contributed by atoms with Crippen molar-refractivity contribution in [1.29, 1.82) is 0 Å². The fourth-order valence-electron chi connectivity index (χ4n) is 3.11. The molecular weight excluding hydrogens is 224 g/mol. The molecule has 104 valence electrons. The lowest BCUT2D eigenvalue weighted by atomic mass is 9.78. The summed E-state index contributed by atoms with van der Waals surface area (Å²) in [5, 5.41) is 6.70. The molecule has 1 aliphatic heterocycles. The van der Waals surface area contributed by atoms with Crippen LogP contribution in [0.4, 0.5) is 0 Å². The van der Waals surface area contributed by atoms with Crippen LogP contribution in [0.2, 0.25) is 0 Å². The molecule has 2 fully saturated rings. The van der Waals surface area contributed by atoms with E-state index < -0.39 is 0 Å². The van der Waals surface area contributed by atoms with E-state index in [-0.39, 0.29) is 5.91 Å². The molecule has 1 amide bonds. The summed E-state index contributed by atoms with van der Waals surface area (Å²) in [6.07, 6.45) is 10.7. The highest BCUT2D eigenvalue weighted by atomic mass is 16.1. The fourth-order valence-corrected chi connectivity index (χ4v) is 3.11. The minimum atomic E-state index is 0.266. The summed E-state index contributed by atoms with van der Waals surface area (Å²) >= 11 is 0. The van der Waals surface area contributed by atoms with Gasteiger partial charge in [0, 0.05) is 18.5 Å². The highest BCUT2D eigenvalue weighted by molar-refractivity contribution is 5.77. The molecule has 18 heavy (non-hydrogen) atoms. The molecule has 3 nitrogen and oxygen atoms in total. The molecular formula is C15H28N2O. The van der Waals surface area contributed by atoms with Gasteiger partial charge in [0.1, 0.15) is 0 Å². The summed E-state index contributed by atoms with van der Waals surface area (Å²) in [4.78, 5) is 12.1. The van der Waals surface area contributed by atoms with Gasteiger partial charge in [-0.05, 0) is 44.6 Å². The minimum absolute atomic E-state index is 0.266. The van der Waals surface area contributed by atoms with Crippen molar-refractivity contribution >= 4 is 5.91 Å². The molecule has 0 spiro atoms. The Hall–Kier alpha value is -0.570. The molecule has 0 bridgehead atoms. The Morgan fingerprint density at radius 2 is 2.17 bits per heavy atom. The average Bonchev–Trinajstić information content (AvgIpc) is 2.76. The van der Waals surface area contributed by atoms with E-state index in [4.69, 9.17) is 0 Å². The Morgan fingerprint density at radius 1 is 1.33 bits per heavy atom. The Kier molecular flexibility index (Phi) is 5.48. The fraction of sp³-hybridized carbons (Fsp3) is 0.933. The van der Waals surface area contributed by atoms with Crippen molar-refractivity contribution in [2.45, 2.75) is 76.8 Å². The normalized spacial score (nSPS) is 25.7. The van der Waals surface area contributed by atoms with Crippen molar-refractivity contribution in [3.05, 3.63) is 0 Å². The topological polar surface area (TPSA) is 41.1 Å². The molecule has 0 aromatic carbocycles. The molecule has 1 saturated heterocycles. The number of hydrogen-bond donors (Lipinski definition) is 2. The largest absolute Gasteiger partial charge is 0.353 e. The summed E-state index contributed by atoms with van der Waals surface area (Å²) in [6.45, 7) is 3.31. The number of carbonyl (C=O) groups excluding carboxylic acids is 1. The van der Waals surface area contributed by atoms with Crippen LogP contribution in [-0.4, -0.2) is 24.5 Å². The second-order valence-electron chi connectivity index (χ2n) is 6.00. The second-order valence-corrected chi connectivity index (χ2v) is 6.00. The highest BCUT2D eigenvalue weighted by Gasteiger charge is 2.28. The van der Waals surface area contributed by atoms with Crippen LogP contribution in [0.1, 0.15) is 64.7 Å². The lowest BCUT2D eigenvalue weighted by Gasteiger charge is -2.34. The van der Waals surface area contributed by atoms with E-state index in [1.165, 1.54) is 44.9 Å². The monoisotopic (exact) mass is 252 g/mol. The molecule has 2 N–H and O–H groups in total. The van der Waals surface area contributed by atoms with E-state index in [1.54, 1.807) is 0 Å². The van der Waals surface area contributed by atoms with Gasteiger partial charge in [-0.15, -0.1) is 0 Å². The van der Waals surface area contributed by atoms with Crippen LogP contribution in [0.15, 0.2) is 0 Å². The van der Waals surface area contributed by atoms with Crippen molar-refractivity contribution in [1.82, 2.24) is 10.6 Å². The van der Waals surface area contributed by atoms with Crippen LogP contribution in [-0.2, 0) is 4.79 Å². The van der Waals surface area contributed by atoms with Crippen molar-refractivity contribution in [3.63, 3.8) is 0 Å². The molecule has 2 aliphatic rings. The standard InChI is InChI=1S/C15H28N2O/c1-2-3-9-14(12-6-4-7-12)17-15(18)11-13-8-5-10-16-13/h12-14,16H,2-11H2,1H3,(H,17,18). The summed E-state index contributed by atoms with van der Waals surface area (Å²) < 4.78 is 0. The third-order valence-electron chi connectivity index (χ3n) is 4.53. The Balaban J connectivity index is 1.73. The lowest BCUT2D eigenvalue weighted by molar-refractivity contribution is -0.122. The molecule has 1 heterocycles. The molecule has 2 unspecified atom stereocenters. The maximum atomic E-state index is 12.1. The molecule has 0 aromatic heterocycles. The van der Waals surface area contributed by atoms with Gasteiger partial charge in [-0.3, -0.25) is 4.79 Å². The van der Waals surface area contributed by atoms with Crippen LogP contribution >= 0.6 is 0 Å². The predicted octanol–water partition coefficient (Wildman–Crippen LogP) is 2.60. The molecule has 0 radical (unpaired) electrons. The number of rotatable bonds is 7. The third-order valence-corrected chi connectivity index (χ3v) is 4.53. The van der Waals surface area contributed by atoms with Crippen molar-refractivity contribution in [2.75, 3.05) is 6.54 Å². The van der Waals surface area contributed by atoms with Gasteiger partial charge in [-0.1, -0.05) is 26.2 Å². The third kappa shape index (κ3) is 3.98. The molecule has 3 heteroatoms. The highest BCUT2D eigenvalue weighted by Crippen LogP contribution is 2.31. The first kappa shape index (κ1) is 13.9. The van der Waals surface area contributed by atoms with Gasteiger partial charge >= 0.3 is 0 Å². The van der Waals surface area contributed by atoms with Gasteiger partial charge in [0.15, 0.2) is 0 Å². The molecule has 2 atom stereocenters. The van der Waals surface area contributed by atoms with E-state index in [9.17, 15) is 4.79 Å². The maximum Gasteiger partial charge on any atom is 0.221 e. The van der Waals surface area contributed by atoms with Gasteiger partial charge in [-0.25, -0.2) is 0 Å². The van der Waals surface area contributed by atoms with Gasteiger partial charge in [-0.2, -0.15) is 0 Å². The van der Waals surface area contributed by atoms with Gasteiger partial charge in [0.2, 0.25) is 5.91 Å². The number of carbonyl (C=O) groups is 1. The summed E-state index contributed by atoms with van der Waals surface area (Å²) in [7, 11) is 0. The number of unbranched alkanes of at least 4 members (excludes halogenated alkanes) is 1. The molecule has 2 rings (SSSR count). The average molecular weight is 252 g/mol. The van der Waals surface area contributed by atoms with Crippen molar-refractivity contribution in [3.8, 4) is 0 Å². The number of hydrogen-bond acceptors (Lipinski definition) is 2. The van der Waals surface area contributed by atoms with E-state index >= 15 is 0 Å². The van der Waals surface area contributed by atoms with E-state index in [2.05, 4.69) is 17.6 Å². The number of nitrogens with one attached hydrogen (secondary N) is 2. The van der Waals surface area contributed by atoms with E-state index in [0.29, 0.717) is 18.5 Å². The summed E-state index contributed by atoms with van der Waals surface area (Å²) in [5.74, 6) is 1.03. The zero-order valence-corrected chi connectivity index (χ0v) is 11.7. The predicted molar refractivity (Wildman–Crippen MR) is 74.4 cm³/mol. The van der Waals surface area contributed by atoms with Gasteiger partial charge in [0.05, 0.1) is 0 Å². The van der Waals surface area contributed by atoms with Crippen LogP contribution in [0.5, 0.6) is 0 Å². The zero-order chi connectivity index (χ0) is 12.8. The number of amides is 1. The first-order valence-electron chi connectivity index (χ1n) is 7.82. The molecule has 1 aliphatic carbocycles. The van der Waals surface area contributed by atoms with Crippen LogP contribution in [0.25, 0.3) is 0 Å². The van der Waals surface area contributed by atoms with Crippen molar-refractivity contribution in [2.24, 2.45) is 5.92 Å².